The van der Waals surface area contributed by atoms with Gasteiger partial charge in [-0.3, -0.25) is 9.78 Å². The summed E-state index contributed by atoms with van der Waals surface area (Å²) < 4.78 is 2.05. The molecule has 25 heavy (non-hydrogen) atoms. The van der Waals surface area contributed by atoms with Crippen LogP contribution in [-0.4, -0.2) is 15.5 Å². The number of fused-ring (bicyclic) bond motifs is 2. The van der Waals surface area contributed by atoms with Gasteiger partial charge in [0, 0.05) is 35.6 Å². The van der Waals surface area contributed by atoms with Gasteiger partial charge in [0.2, 0.25) is 5.91 Å². The maximum atomic E-state index is 12.7. The molecule has 2 atom stereocenters. The zero-order valence-corrected chi connectivity index (χ0v) is 14.4. The summed E-state index contributed by atoms with van der Waals surface area (Å²) in [6.07, 6.45) is 2.78. The number of carbonyl (C=O) groups is 1. The summed E-state index contributed by atoms with van der Waals surface area (Å²) in [7, 11) is 2.00. The van der Waals surface area contributed by atoms with Gasteiger partial charge in [0.15, 0.2) is 0 Å². The van der Waals surface area contributed by atoms with Crippen LogP contribution >= 0.6 is 11.6 Å². The van der Waals surface area contributed by atoms with Crippen molar-refractivity contribution in [2.75, 3.05) is 5.32 Å². The van der Waals surface area contributed by atoms with Gasteiger partial charge in [0.1, 0.15) is 0 Å². The van der Waals surface area contributed by atoms with Crippen LogP contribution in [-0.2, 0) is 17.3 Å². The third kappa shape index (κ3) is 2.01. The van der Waals surface area contributed by atoms with Gasteiger partial charge in [-0.2, -0.15) is 0 Å². The van der Waals surface area contributed by atoms with Gasteiger partial charge in [-0.1, -0.05) is 17.7 Å². The zero-order chi connectivity index (χ0) is 17.2. The lowest BCUT2D eigenvalue weighted by Crippen LogP contribution is -2.21. The SMILES string of the molecule is Cn1cccc1-c1cccc(C2CC23C(=O)Nc2ccc(Cl)cc23)n1. The monoisotopic (exact) mass is 349 g/mol. The predicted molar refractivity (Wildman–Crippen MR) is 97.8 cm³/mol. The lowest BCUT2D eigenvalue weighted by Gasteiger charge is -2.10. The number of aromatic nitrogens is 2. The van der Waals surface area contributed by atoms with E-state index < -0.39 is 5.41 Å². The fourth-order valence-electron chi connectivity index (χ4n) is 4.03. The lowest BCUT2D eigenvalue weighted by molar-refractivity contribution is -0.118. The number of pyridine rings is 1. The number of aryl methyl sites for hydroxylation is 1. The maximum absolute atomic E-state index is 12.7. The largest absolute Gasteiger partial charge is 0.349 e. The van der Waals surface area contributed by atoms with E-state index in [1.165, 1.54) is 0 Å². The molecule has 3 heterocycles. The number of benzene rings is 1. The molecule has 1 aromatic carbocycles. The van der Waals surface area contributed by atoms with E-state index in [4.69, 9.17) is 16.6 Å². The minimum atomic E-state index is -0.514. The molecule has 1 amide bonds. The Bertz CT molecular complexity index is 1030. The molecule has 1 saturated carbocycles. The Morgan fingerprint density at radius 2 is 2.12 bits per heavy atom. The summed E-state index contributed by atoms with van der Waals surface area (Å²) in [6.45, 7) is 0. The van der Waals surface area contributed by atoms with E-state index in [2.05, 4.69) is 5.32 Å². The van der Waals surface area contributed by atoms with Gasteiger partial charge < -0.3 is 9.88 Å². The molecule has 124 valence electrons. The van der Waals surface area contributed by atoms with Gasteiger partial charge in [-0.15, -0.1) is 0 Å². The van der Waals surface area contributed by atoms with Crippen molar-refractivity contribution in [1.29, 1.82) is 0 Å². The first-order chi connectivity index (χ1) is 12.1. The Kier molecular flexibility index (Phi) is 2.92. The fraction of sp³-hybridized carbons (Fsp3) is 0.200. The van der Waals surface area contributed by atoms with E-state index in [0.717, 1.165) is 34.8 Å². The highest BCUT2D eigenvalue weighted by molar-refractivity contribution is 6.31. The Balaban J connectivity index is 1.57. The van der Waals surface area contributed by atoms with Crippen molar-refractivity contribution in [2.45, 2.75) is 17.8 Å². The molecule has 2 unspecified atom stereocenters. The number of nitrogens with one attached hydrogen (secondary N) is 1. The van der Waals surface area contributed by atoms with E-state index in [1.54, 1.807) is 0 Å². The topological polar surface area (TPSA) is 46.9 Å². The summed E-state index contributed by atoms with van der Waals surface area (Å²) in [6, 6.07) is 15.7. The smallest absolute Gasteiger partial charge is 0.235 e. The normalized spacial score (nSPS) is 23.6. The molecule has 0 saturated heterocycles. The highest BCUT2D eigenvalue weighted by atomic mass is 35.5. The number of rotatable bonds is 2. The molecule has 1 aliphatic carbocycles. The van der Waals surface area contributed by atoms with Gasteiger partial charge in [-0.05, 0) is 54.4 Å². The van der Waals surface area contributed by atoms with E-state index in [-0.39, 0.29) is 11.8 Å². The first kappa shape index (κ1) is 14.7. The summed E-state index contributed by atoms with van der Waals surface area (Å²) in [5, 5.41) is 3.66. The first-order valence-electron chi connectivity index (χ1n) is 8.30. The van der Waals surface area contributed by atoms with E-state index >= 15 is 0 Å². The summed E-state index contributed by atoms with van der Waals surface area (Å²) >= 11 is 6.17. The van der Waals surface area contributed by atoms with Crippen LogP contribution < -0.4 is 5.32 Å². The predicted octanol–water partition coefficient (Wildman–Crippen LogP) is 4.12. The number of nitrogens with zero attached hydrogens (tertiary/aromatic N) is 2. The van der Waals surface area contributed by atoms with E-state index in [0.29, 0.717) is 5.02 Å². The maximum Gasteiger partial charge on any atom is 0.235 e. The Morgan fingerprint density at radius 1 is 1.24 bits per heavy atom. The standard InChI is InChI=1S/C20H16ClN3O/c1-24-9-3-6-18(24)17-5-2-4-15(22-17)14-11-20(14)13-10-12(21)7-8-16(13)23-19(20)25/h2-10,14H,11H2,1H3,(H,23,25). The molecule has 1 aliphatic heterocycles. The highest BCUT2D eigenvalue weighted by Gasteiger charge is 2.65. The van der Waals surface area contributed by atoms with E-state index in [9.17, 15) is 4.79 Å². The molecule has 2 aromatic heterocycles. The number of carbonyl (C=O) groups excluding carboxylic acids is 1. The quantitative estimate of drug-likeness (QED) is 0.756. The molecule has 2 aliphatic rings. The fourth-order valence-corrected chi connectivity index (χ4v) is 4.21. The van der Waals surface area contributed by atoms with Crippen molar-refractivity contribution < 1.29 is 4.79 Å². The summed E-state index contributed by atoms with van der Waals surface area (Å²) in [4.78, 5) is 17.5. The molecule has 5 rings (SSSR count). The van der Waals surface area contributed by atoms with Crippen LogP contribution in [0.3, 0.4) is 0 Å². The van der Waals surface area contributed by atoms with Crippen LogP contribution in [0.2, 0.25) is 5.02 Å². The van der Waals surface area contributed by atoms with E-state index in [1.807, 2.05) is 66.3 Å². The second-order valence-electron chi connectivity index (χ2n) is 6.82. The number of amides is 1. The van der Waals surface area contributed by atoms with Gasteiger partial charge in [0.05, 0.1) is 16.8 Å². The number of hydrogen-bond donors (Lipinski definition) is 1. The average molecular weight is 350 g/mol. The van der Waals surface area contributed by atoms with Gasteiger partial charge in [-0.25, -0.2) is 0 Å². The van der Waals surface area contributed by atoms with Crippen LogP contribution in [0.1, 0.15) is 23.6 Å². The zero-order valence-electron chi connectivity index (χ0n) is 13.7. The Labute approximate surface area is 150 Å². The van der Waals surface area contributed by atoms with Crippen LogP contribution in [0.4, 0.5) is 5.69 Å². The molecule has 1 fully saturated rings. The summed E-state index contributed by atoms with van der Waals surface area (Å²) in [5.41, 5.74) is 4.31. The Hall–Kier alpha value is -2.59. The van der Waals surface area contributed by atoms with Crippen molar-refractivity contribution in [2.24, 2.45) is 7.05 Å². The van der Waals surface area contributed by atoms with Gasteiger partial charge in [0.25, 0.3) is 0 Å². The number of anilines is 1. The third-order valence-electron chi connectivity index (χ3n) is 5.41. The number of hydrogen-bond acceptors (Lipinski definition) is 2. The minimum absolute atomic E-state index is 0.0563. The molecule has 3 aromatic rings. The molecule has 1 spiro atoms. The van der Waals surface area contributed by atoms with Crippen molar-refractivity contribution in [3.05, 3.63) is 71.0 Å². The molecule has 0 bridgehead atoms. The van der Waals surface area contributed by atoms with Crippen LogP contribution in [0, 0.1) is 0 Å². The first-order valence-corrected chi connectivity index (χ1v) is 8.67. The van der Waals surface area contributed by atoms with Crippen molar-refractivity contribution in [1.82, 2.24) is 9.55 Å². The van der Waals surface area contributed by atoms with Crippen LogP contribution in [0.15, 0.2) is 54.7 Å². The highest BCUT2D eigenvalue weighted by Crippen LogP contribution is 2.64. The minimum Gasteiger partial charge on any atom is -0.349 e. The van der Waals surface area contributed by atoms with Crippen molar-refractivity contribution in [3.8, 4) is 11.4 Å². The number of halogens is 1. The van der Waals surface area contributed by atoms with Crippen LogP contribution in [0.25, 0.3) is 11.4 Å². The second-order valence-corrected chi connectivity index (χ2v) is 7.26. The molecule has 4 nitrogen and oxygen atoms in total. The second kappa shape index (κ2) is 4.96. The summed E-state index contributed by atoms with van der Waals surface area (Å²) in [5.74, 6) is 0.147. The third-order valence-corrected chi connectivity index (χ3v) is 5.65. The Morgan fingerprint density at radius 3 is 2.92 bits per heavy atom. The molecule has 0 radical (unpaired) electrons. The lowest BCUT2D eigenvalue weighted by atomic mass is 9.93. The molecular formula is C20H16ClN3O. The van der Waals surface area contributed by atoms with Crippen molar-refractivity contribution in [3.63, 3.8) is 0 Å². The molecular weight excluding hydrogens is 334 g/mol. The molecule has 5 heteroatoms. The average Bonchev–Trinajstić information content (AvgIpc) is 3.14. The van der Waals surface area contributed by atoms with Crippen LogP contribution in [0.5, 0.6) is 0 Å². The van der Waals surface area contributed by atoms with Crippen molar-refractivity contribution >= 4 is 23.2 Å². The van der Waals surface area contributed by atoms with Gasteiger partial charge >= 0.3 is 0 Å². The molecule has 1 N–H and O–H groups in total.